The molecule has 0 fully saturated rings. The molecule has 0 saturated carbocycles. The standard InChI is InChI=1S/C47H69N15O29/c1-16(65)52-21(9-29(49)67)41(85)59-25(13-36(79)80)45(89)62-26(14-63)46(90)55-19(4-7-33(73)74)40(84)58-24(12-35(77)78)44(88)57-22(10-30(50)68)42(86)61-27(15-64)47(91)60-23(11-34(75)76)43(87)54-17(2-5-31(69)70)38(82)53-18(3-6-32(71)72)39(83)56-20(37(51)81)8-28(48)66/h17-27,63-64H,2-15H2,1H3,(H2,48,66)(H2,49,67)(H2,50,68)(H2,51,81)(H,52,65)(H,53,82)(H,54,87)(H,55,90)(H,56,83)(H,57,88)(H,58,84)(H,59,85)(H,60,91)(H,61,86)(H,62,89)(H,69,70)(H,71,72)(H,73,74)(H,75,76)(H,77,78)(H,79,80)/t17?,18-,19-,20?,21?,22-,23-,24?,25-,26?,27?/m1/s1. The first kappa shape index (κ1) is 79.8. The van der Waals surface area contributed by atoms with Gasteiger partial charge in [0, 0.05) is 26.2 Å². The number of aliphatic carboxylic acids is 6. The van der Waals surface area contributed by atoms with Gasteiger partial charge in [0.15, 0.2) is 0 Å². The fraction of sp³-hybridized carbons (Fsp3) is 0.553. The number of carbonyl (C=O) groups is 21. The third-order valence-corrected chi connectivity index (χ3v) is 11.7. The Kier molecular flexibility index (Phi) is 34.7. The Labute approximate surface area is 510 Å². The number of carboxylic acid groups (broad SMARTS) is 6. The molecule has 0 saturated heterocycles. The highest BCUT2D eigenvalue weighted by Gasteiger charge is 2.38. The molecule has 0 heterocycles. The van der Waals surface area contributed by atoms with E-state index >= 15 is 0 Å². The van der Waals surface area contributed by atoms with Crippen LogP contribution >= 0.6 is 0 Å². The van der Waals surface area contributed by atoms with Gasteiger partial charge in [0.2, 0.25) is 88.6 Å². The number of hydrogen-bond acceptors (Lipinski definition) is 23. The van der Waals surface area contributed by atoms with Gasteiger partial charge in [-0.25, -0.2) is 0 Å². The molecule has 0 bridgehead atoms. The lowest BCUT2D eigenvalue weighted by Crippen LogP contribution is -2.62. The third-order valence-electron chi connectivity index (χ3n) is 11.7. The number of amides is 15. The van der Waals surface area contributed by atoms with Crippen molar-refractivity contribution in [2.75, 3.05) is 13.2 Å². The van der Waals surface area contributed by atoms with Crippen molar-refractivity contribution in [2.24, 2.45) is 22.9 Å². The monoisotopic (exact) mass is 1310 g/mol. The molecule has 11 atom stereocenters. The van der Waals surface area contributed by atoms with Crippen LogP contribution in [-0.4, -0.2) is 245 Å². The van der Waals surface area contributed by atoms with Crippen LogP contribution < -0.4 is 81.4 Å². The molecule has 0 aromatic rings. The molecule has 91 heavy (non-hydrogen) atoms. The summed E-state index contributed by atoms with van der Waals surface area (Å²) in [5, 5.41) is 97.7. The molecule has 0 aliphatic rings. The van der Waals surface area contributed by atoms with Gasteiger partial charge in [-0.3, -0.25) is 101 Å². The van der Waals surface area contributed by atoms with Gasteiger partial charge >= 0.3 is 35.8 Å². The summed E-state index contributed by atoms with van der Waals surface area (Å²) in [7, 11) is 0. The van der Waals surface area contributed by atoms with Crippen molar-refractivity contribution in [3.8, 4) is 0 Å². The Bertz CT molecular complexity index is 2800. The van der Waals surface area contributed by atoms with Gasteiger partial charge in [-0.05, 0) is 19.3 Å². The molecule has 0 aliphatic carbocycles. The molecule has 0 spiro atoms. The summed E-state index contributed by atoms with van der Waals surface area (Å²) in [6, 6.07) is -23.5. The molecule has 0 aromatic carbocycles. The molecular weight excluding hydrogens is 1240 g/mol. The van der Waals surface area contributed by atoms with Crippen LogP contribution in [0.25, 0.3) is 0 Å². The fourth-order valence-electron chi connectivity index (χ4n) is 7.36. The highest BCUT2D eigenvalue weighted by atomic mass is 16.4. The van der Waals surface area contributed by atoms with Crippen molar-refractivity contribution >= 4 is 124 Å². The topological polar surface area (TPSA) is 757 Å². The number of aliphatic hydroxyl groups is 2. The molecule has 506 valence electrons. The molecular formula is C47H69N15O29. The predicted octanol–water partition coefficient (Wildman–Crippen LogP) is -13.5. The molecule has 0 aliphatic heterocycles. The molecule has 44 heteroatoms. The Morgan fingerprint density at radius 2 is 0.451 bits per heavy atom. The van der Waals surface area contributed by atoms with Crippen LogP contribution in [0.4, 0.5) is 0 Å². The van der Waals surface area contributed by atoms with Crippen molar-refractivity contribution in [1.82, 2.24) is 58.5 Å². The molecule has 0 aromatic heterocycles. The zero-order valence-electron chi connectivity index (χ0n) is 47.7. The fourth-order valence-corrected chi connectivity index (χ4v) is 7.36. The van der Waals surface area contributed by atoms with Crippen molar-refractivity contribution in [1.29, 1.82) is 0 Å². The summed E-state index contributed by atoms with van der Waals surface area (Å²) in [4.78, 5) is 263. The molecule has 44 nitrogen and oxygen atoms in total. The average molecular weight is 1310 g/mol. The minimum atomic E-state index is -2.40. The van der Waals surface area contributed by atoms with E-state index in [0.29, 0.717) is 0 Å². The molecule has 27 N–H and O–H groups in total. The minimum Gasteiger partial charge on any atom is -0.481 e. The molecule has 6 unspecified atom stereocenters. The number of carboxylic acids is 6. The lowest BCUT2D eigenvalue weighted by atomic mass is 10.1. The number of carbonyl (C=O) groups excluding carboxylic acids is 15. The maximum Gasteiger partial charge on any atom is 0.305 e. The second-order valence-electron chi connectivity index (χ2n) is 19.2. The van der Waals surface area contributed by atoms with Crippen LogP contribution in [0.1, 0.15) is 84.0 Å². The second kappa shape index (κ2) is 39.6. The maximum atomic E-state index is 13.7. The number of primary amides is 4. The largest absolute Gasteiger partial charge is 0.481 e. The van der Waals surface area contributed by atoms with Crippen molar-refractivity contribution in [2.45, 2.75) is 150 Å². The smallest absolute Gasteiger partial charge is 0.305 e. The summed E-state index contributed by atoms with van der Waals surface area (Å²) >= 11 is 0. The zero-order chi connectivity index (χ0) is 70.2. The minimum absolute atomic E-state index is 0.773. The lowest BCUT2D eigenvalue weighted by Gasteiger charge is -2.27. The van der Waals surface area contributed by atoms with Gasteiger partial charge in [0.05, 0.1) is 51.7 Å². The van der Waals surface area contributed by atoms with Gasteiger partial charge in [0.25, 0.3) is 0 Å². The number of nitrogens with two attached hydrogens (primary N) is 4. The summed E-state index contributed by atoms with van der Waals surface area (Å²) in [5.41, 5.74) is 20.5. The van der Waals surface area contributed by atoms with Crippen LogP contribution in [0.15, 0.2) is 0 Å². The van der Waals surface area contributed by atoms with Crippen molar-refractivity contribution < 1.29 is 142 Å². The van der Waals surface area contributed by atoms with Crippen LogP contribution in [-0.2, 0) is 101 Å². The van der Waals surface area contributed by atoms with E-state index in [9.17, 15) is 142 Å². The van der Waals surface area contributed by atoms with Crippen molar-refractivity contribution in [3.05, 3.63) is 0 Å². The van der Waals surface area contributed by atoms with E-state index in [-0.39, 0.29) is 0 Å². The first-order valence-corrected chi connectivity index (χ1v) is 26.2. The van der Waals surface area contributed by atoms with Crippen LogP contribution in [0.3, 0.4) is 0 Å². The van der Waals surface area contributed by atoms with Crippen LogP contribution in [0.5, 0.6) is 0 Å². The third kappa shape index (κ3) is 32.4. The van der Waals surface area contributed by atoms with E-state index in [1.165, 1.54) is 0 Å². The summed E-state index contributed by atoms with van der Waals surface area (Å²) in [5.74, 6) is -31.8. The van der Waals surface area contributed by atoms with Crippen LogP contribution in [0, 0.1) is 0 Å². The number of rotatable bonds is 45. The van der Waals surface area contributed by atoms with E-state index in [1.807, 2.05) is 53.2 Å². The quantitative estimate of drug-likeness (QED) is 0.0269. The predicted molar refractivity (Wildman–Crippen MR) is 289 cm³/mol. The highest BCUT2D eigenvalue weighted by Crippen LogP contribution is 2.09. The Morgan fingerprint density at radius 3 is 0.659 bits per heavy atom. The summed E-state index contributed by atoms with van der Waals surface area (Å²) in [6.07, 6.45) is -12.5. The van der Waals surface area contributed by atoms with Crippen LogP contribution in [0.2, 0.25) is 0 Å². The maximum absolute atomic E-state index is 13.7. The summed E-state index contributed by atoms with van der Waals surface area (Å²) in [6.45, 7) is -1.97. The first-order chi connectivity index (χ1) is 42.2. The first-order valence-electron chi connectivity index (χ1n) is 26.2. The Morgan fingerprint density at radius 1 is 0.264 bits per heavy atom. The van der Waals surface area contributed by atoms with Gasteiger partial charge in [0.1, 0.15) is 66.5 Å². The molecule has 0 rings (SSSR count). The van der Waals surface area contributed by atoms with E-state index < -0.39 is 281 Å². The average Bonchev–Trinajstić information content (AvgIpc) is 1.22. The van der Waals surface area contributed by atoms with Gasteiger partial charge in [-0.2, -0.15) is 0 Å². The lowest BCUT2D eigenvalue weighted by molar-refractivity contribution is -0.143. The normalized spacial score (nSPS) is 14.3. The number of nitrogens with one attached hydrogen (secondary N) is 11. The summed E-state index contributed by atoms with van der Waals surface area (Å²) < 4.78 is 0. The Hall–Kier alpha value is -11.2. The SMILES string of the molecule is CC(=O)NC(CC(N)=O)C(=O)N[C@H](CC(=O)O)C(=O)NC(CO)C(=O)N[C@H](CCC(=O)O)C(=O)NC(CC(=O)O)C(=O)N[C@H](CC(N)=O)C(=O)NC(CO)C(=O)N[C@H](CC(=O)O)C(=O)NC(CCC(=O)O)C(=O)N[C@H](CCC(=O)O)C(=O)NC(CC(N)=O)C(N)=O. The van der Waals surface area contributed by atoms with Gasteiger partial charge < -0.3 is 122 Å². The molecule has 15 amide bonds. The van der Waals surface area contributed by atoms with E-state index in [0.717, 1.165) is 6.92 Å². The van der Waals surface area contributed by atoms with E-state index in [1.54, 1.807) is 5.32 Å². The second-order valence-corrected chi connectivity index (χ2v) is 19.2. The van der Waals surface area contributed by atoms with Gasteiger partial charge in [-0.1, -0.05) is 0 Å². The zero-order valence-corrected chi connectivity index (χ0v) is 47.7. The van der Waals surface area contributed by atoms with Crippen molar-refractivity contribution in [3.63, 3.8) is 0 Å². The Balaban J connectivity index is 6.84. The van der Waals surface area contributed by atoms with E-state index in [4.69, 9.17) is 22.9 Å². The number of aliphatic hydroxyl groups excluding tert-OH is 2. The van der Waals surface area contributed by atoms with E-state index in [2.05, 4.69) is 0 Å². The van der Waals surface area contributed by atoms with Gasteiger partial charge in [-0.15, -0.1) is 0 Å². The highest BCUT2D eigenvalue weighted by molar-refractivity contribution is 6.02. The molecule has 0 radical (unpaired) electrons. The number of hydrogen-bond donors (Lipinski definition) is 23.